The lowest BCUT2D eigenvalue weighted by Gasteiger charge is -1.89. The highest BCUT2D eigenvalue weighted by molar-refractivity contribution is 5.23. The molecule has 0 saturated carbocycles. The van der Waals surface area contributed by atoms with Gasteiger partial charge in [0, 0.05) is 0 Å². The summed E-state index contributed by atoms with van der Waals surface area (Å²) in [4.78, 5) is 3.53. The van der Waals surface area contributed by atoms with Gasteiger partial charge in [-0.1, -0.05) is 0 Å². The predicted molar refractivity (Wildman–Crippen MR) is 29.2 cm³/mol. The molecule has 2 nitrogen and oxygen atoms in total. The smallest absolute Gasteiger partial charge is 0.0672 e. The van der Waals surface area contributed by atoms with Crippen molar-refractivity contribution in [3.63, 3.8) is 0 Å². The highest BCUT2D eigenvalue weighted by atomic mass is 14.7. The molecule has 0 radical (unpaired) electrons. The molecule has 0 aromatic heterocycles. The number of rotatable bonds is 2. The number of nitrogens with zero attached hydrogens (tertiary/aromatic N) is 2. The van der Waals surface area contributed by atoms with Crippen LogP contribution in [0.4, 0.5) is 0 Å². The van der Waals surface area contributed by atoms with Crippen LogP contribution in [0.3, 0.4) is 0 Å². The summed E-state index contributed by atoms with van der Waals surface area (Å²) in [5.41, 5.74) is 0. The van der Waals surface area contributed by atoms with E-state index in [-0.39, 0.29) is 5.92 Å². The molecular formula is C5H8N2. The minimum Gasteiger partial charge on any atom is -0.300 e. The zero-order chi connectivity index (χ0) is 5.70. The van der Waals surface area contributed by atoms with E-state index in [1.54, 1.807) is 0 Å². The van der Waals surface area contributed by atoms with Crippen molar-refractivity contribution in [1.82, 2.24) is 0 Å². The second kappa shape index (κ2) is 3.35. The van der Waals surface area contributed by atoms with E-state index in [4.69, 9.17) is 5.26 Å². The summed E-state index contributed by atoms with van der Waals surface area (Å²) < 4.78 is 0. The molecule has 0 fully saturated rings. The first-order valence-electron chi connectivity index (χ1n) is 2.13. The molecule has 7 heavy (non-hydrogen) atoms. The molecule has 0 aliphatic carbocycles. The molecule has 1 atom stereocenters. The van der Waals surface area contributed by atoms with Crippen molar-refractivity contribution < 1.29 is 0 Å². The van der Waals surface area contributed by atoms with Crippen LogP contribution in [0.2, 0.25) is 0 Å². The maximum Gasteiger partial charge on any atom is 0.0672 e. The monoisotopic (exact) mass is 96.1 g/mol. The summed E-state index contributed by atoms with van der Waals surface area (Å²) >= 11 is 0. The molecule has 38 valence electrons. The second-order valence-electron chi connectivity index (χ2n) is 1.44. The van der Waals surface area contributed by atoms with Gasteiger partial charge in [0.15, 0.2) is 0 Å². The average molecular weight is 96.1 g/mol. The lowest BCUT2D eigenvalue weighted by molar-refractivity contribution is 0.760. The van der Waals surface area contributed by atoms with E-state index in [1.807, 2.05) is 13.0 Å². The fraction of sp³-hybridized carbons (Fsp3) is 0.600. The van der Waals surface area contributed by atoms with Crippen LogP contribution >= 0.6 is 0 Å². The fourth-order valence-electron chi connectivity index (χ4n) is 0.234. The minimum atomic E-state index is 0.0255. The zero-order valence-corrected chi connectivity index (χ0v) is 4.39. The van der Waals surface area contributed by atoms with Crippen molar-refractivity contribution >= 4 is 6.72 Å². The van der Waals surface area contributed by atoms with Crippen LogP contribution in [-0.2, 0) is 0 Å². The van der Waals surface area contributed by atoms with Gasteiger partial charge in [-0.2, -0.15) is 5.26 Å². The largest absolute Gasteiger partial charge is 0.300 e. The number of nitriles is 1. The van der Waals surface area contributed by atoms with Gasteiger partial charge in [-0.15, -0.1) is 0 Å². The molecule has 0 N–H and O–H groups in total. The van der Waals surface area contributed by atoms with Gasteiger partial charge in [0.2, 0.25) is 0 Å². The summed E-state index contributed by atoms with van der Waals surface area (Å²) in [6.45, 7) is 5.61. The Bertz CT molecular complexity index is 90.7. The van der Waals surface area contributed by atoms with E-state index in [0.29, 0.717) is 6.54 Å². The van der Waals surface area contributed by atoms with E-state index in [0.717, 1.165) is 0 Å². The van der Waals surface area contributed by atoms with Crippen LogP contribution < -0.4 is 0 Å². The van der Waals surface area contributed by atoms with Crippen molar-refractivity contribution in [1.29, 1.82) is 5.26 Å². The molecule has 0 aromatic carbocycles. The first kappa shape index (κ1) is 6.16. The van der Waals surface area contributed by atoms with Crippen LogP contribution in [-0.4, -0.2) is 13.3 Å². The standard InChI is InChI=1S/C5H8N2/c1-5(3-6)4-7-2/h5H,2,4H2,1H3. The summed E-state index contributed by atoms with van der Waals surface area (Å²) in [5, 5.41) is 8.13. The normalized spacial score (nSPS) is 12.0. The van der Waals surface area contributed by atoms with Gasteiger partial charge in [-0.05, 0) is 13.6 Å². The molecule has 1 unspecified atom stereocenters. The van der Waals surface area contributed by atoms with Crippen LogP contribution in [0.5, 0.6) is 0 Å². The highest BCUT2D eigenvalue weighted by Gasteiger charge is 1.91. The maximum atomic E-state index is 8.13. The first-order chi connectivity index (χ1) is 3.31. The third-order valence-electron chi connectivity index (χ3n) is 0.623. The molecule has 2 heteroatoms. The van der Waals surface area contributed by atoms with Gasteiger partial charge >= 0.3 is 0 Å². The van der Waals surface area contributed by atoms with Gasteiger partial charge in [0.05, 0.1) is 18.5 Å². The van der Waals surface area contributed by atoms with Gasteiger partial charge in [-0.25, -0.2) is 0 Å². The average Bonchev–Trinajstić information content (AvgIpc) is 1.68. The van der Waals surface area contributed by atoms with Crippen molar-refractivity contribution in [3.05, 3.63) is 0 Å². The molecule has 0 aromatic rings. The molecular weight excluding hydrogens is 88.1 g/mol. The lowest BCUT2D eigenvalue weighted by atomic mass is 10.2. The number of hydrogen-bond acceptors (Lipinski definition) is 2. The molecule has 0 rings (SSSR count). The van der Waals surface area contributed by atoms with E-state index in [2.05, 4.69) is 11.7 Å². The van der Waals surface area contributed by atoms with E-state index in [1.165, 1.54) is 0 Å². The van der Waals surface area contributed by atoms with Crippen molar-refractivity contribution in [2.45, 2.75) is 6.92 Å². The van der Waals surface area contributed by atoms with Crippen LogP contribution in [0.15, 0.2) is 4.99 Å². The quantitative estimate of drug-likeness (QED) is 0.469. The van der Waals surface area contributed by atoms with Crippen LogP contribution in [0, 0.1) is 17.2 Å². The highest BCUT2D eigenvalue weighted by Crippen LogP contribution is 1.88. The third kappa shape index (κ3) is 2.98. The molecule has 0 saturated heterocycles. The van der Waals surface area contributed by atoms with Crippen LogP contribution in [0.25, 0.3) is 0 Å². The minimum absolute atomic E-state index is 0.0255. The SMILES string of the molecule is C=NCC(C)C#N. The Morgan fingerprint density at radius 2 is 2.57 bits per heavy atom. The van der Waals surface area contributed by atoms with Gasteiger partial charge in [-0.3, -0.25) is 4.99 Å². The second-order valence-corrected chi connectivity index (χ2v) is 1.44. The van der Waals surface area contributed by atoms with Crippen LogP contribution in [0.1, 0.15) is 6.92 Å². The van der Waals surface area contributed by atoms with E-state index in [9.17, 15) is 0 Å². The molecule has 0 amide bonds. The van der Waals surface area contributed by atoms with E-state index < -0.39 is 0 Å². The zero-order valence-electron chi connectivity index (χ0n) is 4.39. The van der Waals surface area contributed by atoms with Gasteiger partial charge < -0.3 is 0 Å². The van der Waals surface area contributed by atoms with Gasteiger partial charge in [0.1, 0.15) is 0 Å². The van der Waals surface area contributed by atoms with Crippen molar-refractivity contribution in [2.75, 3.05) is 6.54 Å². The summed E-state index contributed by atoms with van der Waals surface area (Å²) in [6, 6.07) is 2.03. The molecule has 0 aliphatic rings. The Hall–Kier alpha value is -0.840. The molecule has 0 bridgehead atoms. The summed E-state index contributed by atoms with van der Waals surface area (Å²) in [6.07, 6.45) is 0. The fourth-order valence-corrected chi connectivity index (χ4v) is 0.234. The Kier molecular flexibility index (Phi) is 2.95. The Balaban J connectivity index is 3.21. The Labute approximate surface area is 43.5 Å². The summed E-state index contributed by atoms with van der Waals surface area (Å²) in [7, 11) is 0. The third-order valence-corrected chi connectivity index (χ3v) is 0.623. The first-order valence-corrected chi connectivity index (χ1v) is 2.13. The van der Waals surface area contributed by atoms with Gasteiger partial charge in [0.25, 0.3) is 0 Å². The lowest BCUT2D eigenvalue weighted by Crippen LogP contribution is -1.92. The van der Waals surface area contributed by atoms with E-state index >= 15 is 0 Å². The molecule has 0 heterocycles. The number of hydrogen-bond donors (Lipinski definition) is 0. The molecule has 0 spiro atoms. The van der Waals surface area contributed by atoms with Crippen molar-refractivity contribution in [2.24, 2.45) is 10.9 Å². The predicted octanol–water partition coefficient (Wildman–Crippen LogP) is 0.847. The molecule has 0 aliphatic heterocycles. The topological polar surface area (TPSA) is 36.1 Å². The number of aliphatic imine (C=N–C) groups is 1. The summed E-state index contributed by atoms with van der Waals surface area (Å²) in [5.74, 6) is 0.0255. The maximum absolute atomic E-state index is 8.13. The Morgan fingerprint density at radius 1 is 2.00 bits per heavy atom. The Morgan fingerprint density at radius 3 is 2.71 bits per heavy atom. The van der Waals surface area contributed by atoms with Crippen molar-refractivity contribution in [3.8, 4) is 6.07 Å².